The smallest absolute Gasteiger partial charge is 0.271 e. The van der Waals surface area contributed by atoms with Gasteiger partial charge in [0.05, 0.1) is 19.9 Å². The fourth-order valence-electron chi connectivity index (χ4n) is 1.87. The molecule has 0 heterocycles. The number of halogens is 1. The highest BCUT2D eigenvalue weighted by atomic mass is 79.9. The SMILES string of the molecule is CCOc1ccc(/C=N/NC(=O)c2ccc(Br)cc2)cc1OC. The van der Waals surface area contributed by atoms with Crippen molar-refractivity contribution in [2.24, 2.45) is 5.10 Å². The first-order chi connectivity index (χ1) is 11.1. The molecule has 0 spiro atoms. The van der Waals surface area contributed by atoms with Crippen LogP contribution >= 0.6 is 15.9 Å². The third-order valence-corrected chi connectivity index (χ3v) is 3.50. The van der Waals surface area contributed by atoms with E-state index in [-0.39, 0.29) is 5.91 Å². The standard InChI is InChI=1S/C17H17BrN2O3/c1-3-23-15-9-4-12(10-16(15)22-2)11-19-20-17(21)13-5-7-14(18)8-6-13/h4-11H,3H2,1-2H3,(H,20,21)/b19-11+. The summed E-state index contributed by atoms with van der Waals surface area (Å²) in [5.74, 6) is 1.02. The predicted molar refractivity (Wildman–Crippen MR) is 93.4 cm³/mol. The van der Waals surface area contributed by atoms with Gasteiger partial charge in [-0.15, -0.1) is 0 Å². The van der Waals surface area contributed by atoms with Gasteiger partial charge < -0.3 is 9.47 Å². The number of nitrogens with zero attached hydrogens (tertiary/aromatic N) is 1. The zero-order valence-electron chi connectivity index (χ0n) is 12.9. The van der Waals surface area contributed by atoms with Gasteiger partial charge in [0.1, 0.15) is 0 Å². The molecule has 0 aliphatic carbocycles. The van der Waals surface area contributed by atoms with Crippen molar-refractivity contribution >= 4 is 28.1 Å². The molecular weight excluding hydrogens is 360 g/mol. The van der Waals surface area contributed by atoms with Crippen LogP contribution in [0.4, 0.5) is 0 Å². The molecule has 0 atom stereocenters. The van der Waals surface area contributed by atoms with Crippen molar-refractivity contribution in [3.8, 4) is 11.5 Å². The van der Waals surface area contributed by atoms with Crippen LogP contribution in [-0.4, -0.2) is 25.8 Å². The Hall–Kier alpha value is -2.34. The second-order valence-electron chi connectivity index (χ2n) is 4.55. The van der Waals surface area contributed by atoms with Crippen molar-refractivity contribution in [1.29, 1.82) is 0 Å². The quantitative estimate of drug-likeness (QED) is 0.618. The van der Waals surface area contributed by atoms with E-state index in [1.54, 1.807) is 49.7 Å². The highest BCUT2D eigenvalue weighted by Gasteiger charge is 2.05. The van der Waals surface area contributed by atoms with Crippen molar-refractivity contribution in [3.63, 3.8) is 0 Å². The van der Waals surface area contributed by atoms with E-state index in [1.165, 1.54) is 0 Å². The number of carbonyl (C=O) groups is 1. The lowest BCUT2D eigenvalue weighted by molar-refractivity contribution is 0.0955. The minimum absolute atomic E-state index is 0.272. The molecule has 6 heteroatoms. The number of hydrogen-bond donors (Lipinski definition) is 1. The number of hydrogen-bond acceptors (Lipinski definition) is 4. The molecule has 2 aromatic carbocycles. The Balaban J connectivity index is 2.02. The van der Waals surface area contributed by atoms with Crippen LogP contribution in [0.2, 0.25) is 0 Å². The number of rotatable bonds is 6. The van der Waals surface area contributed by atoms with Gasteiger partial charge in [0.25, 0.3) is 5.91 Å². The summed E-state index contributed by atoms with van der Waals surface area (Å²) in [5.41, 5.74) is 3.82. The van der Waals surface area contributed by atoms with E-state index >= 15 is 0 Å². The van der Waals surface area contributed by atoms with E-state index in [0.717, 1.165) is 10.0 Å². The number of nitrogens with one attached hydrogen (secondary N) is 1. The van der Waals surface area contributed by atoms with Gasteiger partial charge in [-0.2, -0.15) is 5.10 Å². The molecular formula is C17H17BrN2O3. The molecule has 0 bridgehead atoms. The second kappa shape index (κ2) is 8.33. The predicted octanol–water partition coefficient (Wildman–Crippen LogP) is 3.62. The molecule has 0 radical (unpaired) electrons. The fraction of sp³-hybridized carbons (Fsp3) is 0.176. The average molecular weight is 377 g/mol. The summed E-state index contributed by atoms with van der Waals surface area (Å²) in [5, 5.41) is 3.96. The lowest BCUT2D eigenvalue weighted by Gasteiger charge is -2.09. The van der Waals surface area contributed by atoms with Crippen molar-refractivity contribution in [2.45, 2.75) is 6.92 Å². The zero-order valence-corrected chi connectivity index (χ0v) is 14.5. The van der Waals surface area contributed by atoms with Crippen LogP contribution in [0.3, 0.4) is 0 Å². The third-order valence-electron chi connectivity index (χ3n) is 2.97. The van der Waals surface area contributed by atoms with Crippen LogP contribution in [0.15, 0.2) is 52.0 Å². The average Bonchev–Trinajstić information content (AvgIpc) is 2.56. The van der Waals surface area contributed by atoms with Gasteiger partial charge in [0, 0.05) is 10.0 Å². The number of ether oxygens (including phenoxy) is 2. The van der Waals surface area contributed by atoms with Crippen molar-refractivity contribution in [1.82, 2.24) is 5.43 Å². The number of methoxy groups -OCH3 is 1. The van der Waals surface area contributed by atoms with Gasteiger partial charge in [-0.1, -0.05) is 15.9 Å². The number of carbonyl (C=O) groups excluding carboxylic acids is 1. The van der Waals surface area contributed by atoms with E-state index in [0.29, 0.717) is 23.7 Å². The summed E-state index contributed by atoms with van der Waals surface area (Å²) in [4.78, 5) is 11.9. The Morgan fingerprint density at radius 2 is 1.96 bits per heavy atom. The van der Waals surface area contributed by atoms with Crippen LogP contribution < -0.4 is 14.9 Å². The van der Waals surface area contributed by atoms with Gasteiger partial charge >= 0.3 is 0 Å². The molecule has 0 saturated heterocycles. The fourth-order valence-corrected chi connectivity index (χ4v) is 2.13. The molecule has 0 saturated carbocycles. The molecule has 0 fully saturated rings. The second-order valence-corrected chi connectivity index (χ2v) is 5.47. The minimum atomic E-state index is -0.272. The van der Waals surface area contributed by atoms with Gasteiger partial charge in [-0.3, -0.25) is 4.79 Å². The molecule has 0 aliphatic rings. The molecule has 1 N–H and O–H groups in total. The van der Waals surface area contributed by atoms with Crippen LogP contribution in [0, 0.1) is 0 Å². The molecule has 2 aromatic rings. The van der Waals surface area contributed by atoms with E-state index in [2.05, 4.69) is 26.5 Å². The lowest BCUT2D eigenvalue weighted by Crippen LogP contribution is -2.17. The van der Waals surface area contributed by atoms with E-state index in [4.69, 9.17) is 9.47 Å². The van der Waals surface area contributed by atoms with Crippen LogP contribution in [-0.2, 0) is 0 Å². The Kier molecular flexibility index (Phi) is 6.17. The Morgan fingerprint density at radius 1 is 1.22 bits per heavy atom. The molecule has 5 nitrogen and oxygen atoms in total. The highest BCUT2D eigenvalue weighted by molar-refractivity contribution is 9.10. The maximum atomic E-state index is 11.9. The van der Waals surface area contributed by atoms with Crippen molar-refractivity contribution in [2.75, 3.05) is 13.7 Å². The maximum Gasteiger partial charge on any atom is 0.271 e. The highest BCUT2D eigenvalue weighted by Crippen LogP contribution is 2.27. The first-order valence-corrected chi connectivity index (χ1v) is 7.83. The van der Waals surface area contributed by atoms with Gasteiger partial charge in [0.2, 0.25) is 0 Å². The Morgan fingerprint density at radius 3 is 2.61 bits per heavy atom. The summed E-state index contributed by atoms with van der Waals surface area (Å²) in [6, 6.07) is 12.5. The van der Waals surface area contributed by atoms with Crippen LogP contribution in [0.25, 0.3) is 0 Å². The third kappa shape index (κ3) is 4.82. The summed E-state index contributed by atoms with van der Waals surface area (Å²) in [6.07, 6.45) is 1.55. The first kappa shape index (κ1) is 17.0. The van der Waals surface area contributed by atoms with Crippen molar-refractivity contribution in [3.05, 3.63) is 58.1 Å². The minimum Gasteiger partial charge on any atom is -0.493 e. The molecule has 120 valence electrons. The monoisotopic (exact) mass is 376 g/mol. The number of hydrazone groups is 1. The molecule has 1 amide bonds. The van der Waals surface area contributed by atoms with Gasteiger partial charge in [-0.25, -0.2) is 5.43 Å². The molecule has 0 unspecified atom stereocenters. The van der Waals surface area contributed by atoms with E-state index in [9.17, 15) is 4.79 Å². The largest absolute Gasteiger partial charge is 0.493 e. The summed E-state index contributed by atoms with van der Waals surface area (Å²) in [6.45, 7) is 2.47. The van der Waals surface area contributed by atoms with Gasteiger partial charge in [0.15, 0.2) is 11.5 Å². The topological polar surface area (TPSA) is 59.9 Å². The Labute approximate surface area is 143 Å². The maximum absolute atomic E-state index is 11.9. The Bertz CT molecular complexity index is 699. The lowest BCUT2D eigenvalue weighted by atomic mass is 10.2. The molecule has 0 aromatic heterocycles. The van der Waals surface area contributed by atoms with Gasteiger partial charge in [-0.05, 0) is 55.0 Å². The van der Waals surface area contributed by atoms with Crippen LogP contribution in [0.5, 0.6) is 11.5 Å². The number of amides is 1. The molecule has 23 heavy (non-hydrogen) atoms. The number of benzene rings is 2. The first-order valence-electron chi connectivity index (χ1n) is 7.04. The summed E-state index contributed by atoms with van der Waals surface area (Å²) in [7, 11) is 1.58. The molecule has 0 aliphatic heterocycles. The molecule has 2 rings (SSSR count). The zero-order chi connectivity index (χ0) is 16.7. The van der Waals surface area contributed by atoms with Crippen molar-refractivity contribution < 1.29 is 14.3 Å². The summed E-state index contributed by atoms with van der Waals surface area (Å²) < 4.78 is 11.6. The van der Waals surface area contributed by atoms with Crippen LogP contribution in [0.1, 0.15) is 22.8 Å². The summed E-state index contributed by atoms with van der Waals surface area (Å²) >= 11 is 3.32. The normalized spacial score (nSPS) is 10.6. The van der Waals surface area contributed by atoms with E-state index < -0.39 is 0 Å². The van der Waals surface area contributed by atoms with E-state index in [1.807, 2.05) is 13.0 Å².